The molecule has 1 aromatic carbocycles. The molecule has 3 heterocycles. The number of carbonyl (C=O) groups is 1. The van der Waals surface area contributed by atoms with Crippen LogP contribution in [0.2, 0.25) is 0 Å². The van der Waals surface area contributed by atoms with E-state index in [9.17, 15) is 9.59 Å². The zero-order chi connectivity index (χ0) is 19.0. The summed E-state index contributed by atoms with van der Waals surface area (Å²) in [4.78, 5) is 37.3. The van der Waals surface area contributed by atoms with Gasteiger partial charge in [-0.15, -0.1) is 0 Å². The maximum absolute atomic E-state index is 12.7. The molecule has 0 atom stereocenters. The zero-order valence-electron chi connectivity index (χ0n) is 15.4. The van der Waals surface area contributed by atoms with Crippen molar-refractivity contribution in [3.05, 3.63) is 57.8 Å². The molecule has 7 nitrogen and oxygen atoms in total. The van der Waals surface area contributed by atoms with Gasteiger partial charge in [-0.05, 0) is 37.5 Å². The molecule has 1 amide bonds. The van der Waals surface area contributed by atoms with Crippen LogP contribution in [0.15, 0.2) is 35.3 Å². The van der Waals surface area contributed by atoms with E-state index in [0.717, 1.165) is 29.7 Å². The first kappa shape index (κ1) is 17.3. The molecule has 1 aliphatic heterocycles. The lowest BCUT2D eigenvalue weighted by atomic mass is 9.96. The number of aryl methyl sites for hydroxylation is 1. The number of piperidine rings is 1. The molecule has 2 N–H and O–H groups in total. The van der Waals surface area contributed by atoms with Gasteiger partial charge in [0.1, 0.15) is 11.5 Å². The van der Waals surface area contributed by atoms with Gasteiger partial charge in [-0.3, -0.25) is 9.59 Å². The predicted octanol–water partition coefficient (Wildman–Crippen LogP) is 2.59. The molecular weight excluding hydrogens is 344 g/mol. The molecular formula is C20H22N4O3. The van der Waals surface area contributed by atoms with Crippen molar-refractivity contribution in [3.8, 4) is 5.75 Å². The fourth-order valence-electron chi connectivity index (χ4n) is 3.60. The van der Waals surface area contributed by atoms with Crippen molar-refractivity contribution in [2.45, 2.75) is 25.7 Å². The number of aromatic nitrogens is 3. The van der Waals surface area contributed by atoms with Crippen molar-refractivity contribution >= 4 is 16.9 Å². The lowest BCUT2D eigenvalue weighted by Gasteiger charge is -2.31. The number of aromatic amines is 2. The maximum Gasteiger partial charge on any atom is 0.270 e. The molecule has 2 aromatic heterocycles. The van der Waals surface area contributed by atoms with Gasteiger partial charge in [-0.2, -0.15) is 0 Å². The molecule has 1 fully saturated rings. The zero-order valence-corrected chi connectivity index (χ0v) is 15.4. The minimum absolute atomic E-state index is 0.159. The van der Waals surface area contributed by atoms with Gasteiger partial charge in [0.25, 0.3) is 5.91 Å². The lowest BCUT2D eigenvalue weighted by molar-refractivity contribution is 0.0705. The summed E-state index contributed by atoms with van der Waals surface area (Å²) in [5, 5.41) is 0. The van der Waals surface area contributed by atoms with E-state index in [-0.39, 0.29) is 17.1 Å². The number of methoxy groups -OCH3 is 1. The average Bonchev–Trinajstić information content (AvgIpc) is 3.10. The lowest BCUT2D eigenvalue weighted by Crippen LogP contribution is -2.38. The molecule has 0 saturated carbocycles. The quantitative estimate of drug-likeness (QED) is 0.745. The van der Waals surface area contributed by atoms with Crippen LogP contribution in [0, 0.1) is 6.92 Å². The second-order valence-corrected chi connectivity index (χ2v) is 6.99. The molecule has 140 valence electrons. The Bertz CT molecular complexity index is 1040. The van der Waals surface area contributed by atoms with Crippen LogP contribution in [0.5, 0.6) is 5.75 Å². The first-order valence-corrected chi connectivity index (χ1v) is 9.07. The van der Waals surface area contributed by atoms with Crippen LogP contribution in [-0.2, 0) is 0 Å². The highest BCUT2D eigenvalue weighted by atomic mass is 16.5. The standard InChI is InChI=1S/C20H22N4O3/c1-12-3-4-14-15(9-12)23-19(22-14)13-5-7-24(8-6-13)20(26)16-10-17(25)18(27-2)11-21-16/h3-4,9-11,13H,5-8H2,1-2H3,(H,21,25)(H,22,23). The Hall–Kier alpha value is -3.09. The van der Waals surface area contributed by atoms with Gasteiger partial charge >= 0.3 is 0 Å². The highest BCUT2D eigenvalue weighted by Gasteiger charge is 2.27. The SMILES string of the molecule is COc1c[nH]c(C(=O)N2CCC(c3nc4ccc(C)cc4[nH]3)CC2)cc1=O. The van der Waals surface area contributed by atoms with Crippen molar-refractivity contribution in [2.75, 3.05) is 20.2 Å². The van der Waals surface area contributed by atoms with Crippen LogP contribution in [0.25, 0.3) is 11.0 Å². The fraction of sp³-hybridized carbons (Fsp3) is 0.350. The molecule has 4 rings (SSSR count). The second kappa shape index (κ2) is 6.90. The normalized spacial score (nSPS) is 15.3. The summed E-state index contributed by atoms with van der Waals surface area (Å²) in [5.41, 5.74) is 3.22. The summed E-state index contributed by atoms with van der Waals surface area (Å²) in [6, 6.07) is 7.49. The smallest absolute Gasteiger partial charge is 0.270 e. The fourth-order valence-corrected chi connectivity index (χ4v) is 3.60. The minimum Gasteiger partial charge on any atom is -0.491 e. The summed E-state index contributed by atoms with van der Waals surface area (Å²) in [7, 11) is 1.43. The number of benzene rings is 1. The monoisotopic (exact) mass is 366 g/mol. The molecule has 1 saturated heterocycles. The first-order valence-electron chi connectivity index (χ1n) is 9.07. The van der Waals surface area contributed by atoms with Gasteiger partial charge in [0.05, 0.1) is 18.1 Å². The van der Waals surface area contributed by atoms with Crippen molar-refractivity contribution in [2.24, 2.45) is 0 Å². The van der Waals surface area contributed by atoms with Gasteiger partial charge in [0.15, 0.2) is 5.75 Å². The topological polar surface area (TPSA) is 91.1 Å². The second-order valence-electron chi connectivity index (χ2n) is 6.99. The minimum atomic E-state index is -0.299. The number of ether oxygens (including phenoxy) is 1. The third-order valence-electron chi connectivity index (χ3n) is 5.15. The summed E-state index contributed by atoms with van der Waals surface area (Å²) >= 11 is 0. The summed E-state index contributed by atoms with van der Waals surface area (Å²) < 4.78 is 4.94. The van der Waals surface area contributed by atoms with Crippen molar-refractivity contribution < 1.29 is 9.53 Å². The largest absolute Gasteiger partial charge is 0.491 e. The molecule has 3 aromatic rings. The van der Waals surface area contributed by atoms with E-state index in [1.165, 1.54) is 24.9 Å². The molecule has 0 aliphatic carbocycles. The number of nitrogens with zero attached hydrogens (tertiary/aromatic N) is 2. The summed E-state index contributed by atoms with van der Waals surface area (Å²) in [5.74, 6) is 1.33. The Balaban J connectivity index is 1.45. The van der Waals surface area contributed by atoms with E-state index in [0.29, 0.717) is 24.7 Å². The number of hydrogen-bond donors (Lipinski definition) is 2. The van der Waals surface area contributed by atoms with Gasteiger partial charge in [0, 0.05) is 31.3 Å². The van der Waals surface area contributed by atoms with E-state index in [4.69, 9.17) is 9.72 Å². The molecule has 1 aliphatic rings. The Morgan fingerprint density at radius 3 is 2.74 bits per heavy atom. The van der Waals surface area contributed by atoms with Gasteiger partial charge in [-0.25, -0.2) is 4.98 Å². The van der Waals surface area contributed by atoms with E-state index >= 15 is 0 Å². The van der Waals surface area contributed by atoms with Crippen LogP contribution in [-0.4, -0.2) is 46.0 Å². The van der Waals surface area contributed by atoms with E-state index in [2.05, 4.69) is 29.0 Å². The molecule has 7 heteroatoms. The molecule has 27 heavy (non-hydrogen) atoms. The van der Waals surface area contributed by atoms with Gasteiger partial charge in [-0.1, -0.05) is 6.07 Å². The maximum atomic E-state index is 12.7. The predicted molar refractivity (Wildman–Crippen MR) is 102 cm³/mol. The number of imidazole rings is 1. The van der Waals surface area contributed by atoms with Crippen LogP contribution in [0.1, 0.15) is 40.6 Å². The number of rotatable bonds is 3. The Kier molecular flexibility index (Phi) is 4.43. The highest BCUT2D eigenvalue weighted by molar-refractivity contribution is 5.92. The van der Waals surface area contributed by atoms with Crippen LogP contribution < -0.4 is 10.2 Å². The number of amides is 1. The number of carbonyl (C=O) groups excluding carboxylic acids is 1. The number of likely N-dealkylation sites (tertiary alicyclic amines) is 1. The Morgan fingerprint density at radius 1 is 1.26 bits per heavy atom. The third-order valence-corrected chi connectivity index (χ3v) is 5.15. The number of H-pyrrole nitrogens is 2. The van der Waals surface area contributed by atoms with Gasteiger partial charge in [0.2, 0.25) is 5.43 Å². The average molecular weight is 366 g/mol. The number of pyridine rings is 1. The van der Waals surface area contributed by atoms with E-state index < -0.39 is 0 Å². The summed E-state index contributed by atoms with van der Waals surface area (Å²) in [6.45, 7) is 3.33. The van der Waals surface area contributed by atoms with E-state index in [1.807, 2.05) is 6.07 Å². The molecule has 0 bridgehead atoms. The third kappa shape index (κ3) is 3.32. The Labute approximate surface area is 156 Å². The van der Waals surface area contributed by atoms with Crippen LogP contribution >= 0.6 is 0 Å². The van der Waals surface area contributed by atoms with Crippen molar-refractivity contribution in [1.29, 1.82) is 0 Å². The van der Waals surface area contributed by atoms with Crippen LogP contribution in [0.3, 0.4) is 0 Å². The molecule has 0 radical (unpaired) electrons. The van der Waals surface area contributed by atoms with Crippen molar-refractivity contribution in [1.82, 2.24) is 19.9 Å². The Morgan fingerprint density at radius 2 is 2.04 bits per heavy atom. The van der Waals surface area contributed by atoms with Crippen LogP contribution in [0.4, 0.5) is 0 Å². The highest BCUT2D eigenvalue weighted by Crippen LogP contribution is 2.28. The molecule has 0 unspecified atom stereocenters. The summed E-state index contributed by atoms with van der Waals surface area (Å²) in [6.07, 6.45) is 3.11. The number of fused-ring (bicyclic) bond motifs is 1. The van der Waals surface area contributed by atoms with E-state index in [1.54, 1.807) is 4.90 Å². The first-order chi connectivity index (χ1) is 13.0. The molecule has 0 spiro atoms. The van der Waals surface area contributed by atoms with Gasteiger partial charge < -0.3 is 19.6 Å². The van der Waals surface area contributed by atoms with Crippen molar-refractivity contribution in [3.63, 3.8) is 0 Å². The number of hydrogen-bond acceptors (Lipinski definition) is 4. The number of nitrogens with one attached hydrogen (secondary N) is 2.